The predicted octanol–water partition coefficient (Wildman–Crippen LogP) is -2.34. The number of benzene rings is 1. The van der Waals surface area contributed by atoms with E-state index in [1.165, 1.54) is 6.92 Å². The van der Waals surface area contributed by atoms with E-state index in [0.717, 1.165) is 0 Å². The van der Waals surface area contributed by atoms with Crippen LogP contribution in [0.15, 0.2) is 35.3 Å². The second-order valence-corrected chi connectivity index (χ2v) is 9.21. The molecule has 1 rings (SSSR count). The molecule has 5 atom stereocenters. The van der Waals surface area contributed by atoms with Crippen LogP contribution < -0.4 is 38.9 Å². The first-order valence-electron chi connectivity index (χ1n) is 12.8. The molecule has 218 valence electrons. The molecule has 0 aliphatic carbocycles. The fourth-order valence-corrected chi connectivity index (χ4v) is 3.62. The third kappa shape index (κ3) is 13.0. The molecule has 14 nitrogen and oxygen atoms in total. The van der Waals surface area contributed by atoms with E-state index >= 15 is 0 Å². The smallest absolute Gasteiger partial charge is 0.326 e. The molecule has 0 aliphatic rings. The number of carboxylic acid groups (broad SMARTS) is 1. The van der Waals surface area contributed by atoms with Gasteiger partial charge in [0.1, 0.15) is 24.2 Å². The van der Waals surface area contributed by atoms with E-state index in [0.29, 0.717) is 31.4 Å². The number of amides is 3. The lowest BCUT2D eigenvalue weighted by molar-refractivity contribution is -0.142. The zero-order valence-corrected chi connectivity index (χ0v) is 22.2. The van der Waals surface area contributed by atoms with Gasteiger partial charge in [-0.15, -0.1) is 0 Å². The van der Waals surface area contributed by atoms with E-state index in [9.17, 15) is 29.4 Å². The van der Waals surface area contributed by atoms with Crippen molar-refractivity contribution in [3.05, 3.63) is 35.9 Å². The Balaban J connectivity index is 3.05. The van der Waals surface area contributed by atoms with Gasteiger partial charge in [-0.05, 0) is 51.1 Å². The minimum Gasteiger partial charge on any atom is -0.480 e. The van der Waals surface area contributed by atoms with Crippen molar-refractivity contribution in [3.63, 3.8) is 0 Å². The number of nitrogens with one attached hydrogen (secondary N) is 3. The fraction of sp³-hybridized carbons (Fsp3) is 0.560. The molecule has 1 aromatic rings. The minimum atomic E-state index is -1.28. The third-order valence-electron chi connectivity index (χ3n) is 5.88. The number of aliphatic hydroxyl groups is 1. The molecule has 1 aromatic carbocycles. The maximum Gasteiger partial charge on any atom is 0.326 e. The van der Waals surface area contributed by atoms with Gasteiger partial charge in [-0.1, -0.05) is 30.3 Å². The van der Waals surface area contributed by atoms with Crippen LogP contribution in [0.1, 0.15) is 44.6 Å². The zero-order chi connectivity index (χ0) is 29.4. The summed E-state index contributed by atoms with van der Waals surface area (Å²) in [5, 5.41) is 26.9. The Morgan fingerprint density at radius 1 is 0.872 bits per heavy atom. The molecular weight excluding hydrogens is 508 g/mol. The summed E-state index contributed by atoms with van der Waals surface area (Å²) in [6, 6.07) is 4.08. The maximum absolute atomic E-state index is 13.2. The highest BCUT2D eigenvalue weighted by Crippen LogP contribution is 2.08. The number of aliphatic hydroxyl groups excluding tert-OH is 1. The van der Waals surface area contributed by atoms with E-state index in [2.05, 4.69) is 20.9 Å². The number of carbonyl (C=O) groups is 4. The van der Waals surface area contributed by atoms with Crippen molar-refractivity contribution in [2.75, 3.05) is 13.1 Å². The van der Waals surface area contributed by atoms with Crippen molar-refractivity contribution in [3.8, 4) is 0 Å². The number of rotatable bonds is 18. The highest BCUT2D eigenvalue weighted by molar-refractivity contribution is 5.94. The van der Waals surface area contributed by atoms with Gasteiger partial charge in [-0.25, -0.2) is 4.79 Å². The summed E-state index contributed by atoms with van der Waals surface area (Å²) in [6.07, 6.45) is 0.544. The molecule has 0 bridgehead atoms. The van der Waals surface area contributed by atoms with E-state index in [1.807, 2.05) is 0 Å². The quantitative estimate of drug-likeness (QED) is 0.0534. The Labute approximate surface area is 228 Å². The first kappa shape index (κ1) is 33.3. The topological polar surface area (TPSA) is 261 Å². The van der Waals surface area contributed by atoms with Gasteiger partial charge in [0.15, 0.2) is 5.96 Å². The molecule has 0 aliphatic heterocycles. The predicted molar refractivity (Wildman–Crippen MR) is 146 cm³/mol. The number of aliphatic carboxylic acids is 1. The molecule has 5 unspecified atom stereocenters. The number of carboxylic acids is 1. The Kier molecular flexibility index (Phi) is 15.1. The Morgan fingerprint density at radius 2 is 1.41 bits per heavy atom. The monoisotopic (exact) mass is 550 g/mol. The van der Waals surface area contributed by atoms with E-state index < -0.39 is 54.0 Å². The van der Waals surface area contributed by atoms with E-state index in [1.54, 1.807) is 30.3 Å². The summed E-state index contributed by atoms with van der Waals surface area (Å²) >= 11 is 0. The van der Waals surface area contributed by atoms with Crippen LogP contribution in [-0.4, -0.2) is 83.2 Å². The number of carbonyl (C=O) groups excluding carboxylic acids is 3. The number of nitrogens with zero attached hydrogens (tertiary/aromatic N) is 1. The second-order valence-electron chi connectivity index (χ2n) is 9.21. The second kappa shape index (κ2) is 17.7. The molecule has 39 heavy (non-hydrogen) atoms. The van der Waals surface area contributed by atoms with Crippen molar-refractivity contribution in [2.45, 2.75) is 75.7 Å². The van der Waals surface area contributed by atoms with Crippen LogP contribution in [0.5, 0.6) is 0 Å². The van der Waals surface area contributed by atoms with Crippen LogP contribution in [0.2, 0.25) is 0 Å². The standard InChI is InChI=1S/C25H42N8O6/c1-15(34)20(27)23(37)32-18(11-7-13-30-25(28)29)21(35)31-17(10-5-6-12-26)22(36)33-19(24(38)39)14-16-8-3-2-4-9-16/h2-4,8-9,15,17-20,34H,5-7,10-14,26-27H2,1H3,(H,31,35)(H,32,37)(H,33,36)(H,38,39)(H4,28,29,30). The first-order chi connectivity index (χ1) is 18.5. The van der Waals surface area contributed by atoms with Crippen molar-refractivity contribution >= 4 is 29.7 Å². The summed E-state index contributed by atoms with van der Waals surface area (Å²) in [7, 11) is 0. The lowest BCUT2D eigenvalue weighted by Crippen LogP contribution is -2.58. The molecule has 14 heteroatoms. The molecule has 0 saturated carbocycles. The van der Waals surface area contributed by atoms with Crippen molar-refractivity contribution in [2.24, 2.45) is 27.9 Å². The molecule has 13 N–H and O–H groups in total. The Hall–Kier alpha value is -3.75. The highest BCUT2D eigenvalue weighted by atomic mass is 16.4. The molecule has 0 radical (unpaired) electrons. The molecular formula is C25H42N8O6. The van der Waals surface area contributed by atoms with Gasteiger partial charge in [-0.2, -0.15) is 0 Å². The van der Waals surface area contributed by atoms with Gasteiger partial charge < -0.3 is 49.1 Å². The number of hydrogen-bond donors (Lipinski definition) is 9. The average molecular weight is 551 g/mol. The highest BCUT2D eigenvalue weighted by Gasteiger charge is 2.30. The van der Waals surface area contributed by atoms with Crippen molar-refractivity contribution in [1.29, 1.82) is 0 Å². The van der Waals surface area contributed by atoms with Crippen LogP contribution in [0, 0.1) is 0 Å². The van der Waals surface area contributed by atoms with Crippen LogP contribution in [-0.2, 0) is 25.6 Å². The van der Waals surface area contributed by atoms with Crippen LogP contribution >= 0.6 is 0 Å². The van der Waals surface area contributed by atoms with Crippen LogP contribution in [0.3, 0.4) is 0 Å². The molecule has 0 saturated heterocycles. The minimum absolute atomic E-state index is 0.0477. The number of aliphatic imine (C=N–C) groups is 1. The summed E-state index contributed by atoms with van der Waals surface area (Å²) < 4.78 is 0. The van der Waals surface area contributed by atoms with Crippen molar-refractivity contribution < 1.29 is 29.4 Å². The van der Waals surface area contributed by atoms with Crippen molar-refractivity contribution in [1.82, 2.24) is 16.0 Å². The number of unbranched alkanes of at least 4 members (excludes halogenated alkanes) is 1. The van der Waals surface area contributed by atoms with Gasteiger partial charge >= 0.3 is 5.97 Å². The molecule has 0 spiro atoms. The molecule has 0 aromatic heterocycles. The van der Waals surface area contributed by atoms with Gasteiger partial charge in [0.25, 0.3) is 0 Å². The van der Waals surface area contributed by atoms with Gasteiger partial charge in [0.05, 0.1) is 6.10 Å². The number of nitrogens with two attached hydrogens (primary N) is 4. The SMILES string of the molecule is CC(O)C(N)C(=O)NC(CCCN=C(N)N)C(=O)NC(CCCCN)C(=O)NC(Cc1ccccc1)C(=O)O. The first-order valence-corrected chi connectivity index (χ1v) is 12.8. The molecule has 0 heterocycles. The molecule has 0 fully saturated rings. The third-order valence-corrected chi connectivity index (χ3v) is 5.88. The zero-order valence-electron chi connectivity index (χ0n) is 22.2. The summed E-state index contributed by atoms with van der Waals surface area (Å²) in [6.45, 7) is 1.89. The van der Waals surface area contributed by atoms with Gasteiger partial charge in [0, 0.05) is 13.0 Å². The Morgan fingerprint density at radius 3 is 1.92 bits per heavy atom. The van der Waals surface area contributed by atoms with Gasteiger partial charge in [0.2, 0.25) is 17.7 Å². The summed E-state index contributed by atoms with van der Waals surface area (Å²) in [5.41, 5.74) is 22.6. The largest absolute Gasteiger partial charge is 0.480 e. The average Bonchev–Trinajstić information content (AvgIpc) is 2.89. The summed E-state index contributed by atoms with van der Waals surface area (Å²) in [4.78, 5) is 54.5. The van der Waals surface area contributed by atoms with Crippen LogP contribution in [0.25, 0.3) is 0 Å². The number of hydrogen-bond acceptors (Lipinski definition) is 8. The number of guanidine groups is 1. The fourth-order valence-electron chi connectivity index (χ4n) is 3.62. The van der Waals surface area contributed by atoms with E-state index in [-0.39, 0.29) is 31.8 Å². The lowest BCUT2D eigenvalue weighted by atomic mass is 10.0. The van der Waals surface area contributed by atoms with E-state index in [4.69, 9.17) is 22.9 Å². The normalized spacial score (nSPS) is 14.7. The lowest BCUT2D eigenvalue weighted by Gasteiger charge is -2.25. The maximum atomic E-state index is 13.2. The Bertz CT molecular complexity index is 955. The van der Waals surface area contributed by atoms with Gasteiger partial charge in [-0.3, -0.25) is 19.4 Å². The molecule has 3 amide bonds. The summed E-state index contributed by atoms with van der Waals surface area (Å²) in [5.74, 6) is -3.49. The van der Waals surface area contributed by atoms with Crippen LogP contribution in [0.4, 0.5) is 0 Å².